The molecule has 0 spiro atoms. The molecule has 210 valence electrons. The van der Waals surface area contributed by atoms with Crippen molar-refractivity contribution in [1.82, 2.24) is 14.7 Å². The molecule has 3 amide bonds. The highest BCUT2D eigenvalue weighted by molar-refractivity contribution is 6.42. The van der Waals surface area contributed by atoms with Crippen molar-refractivity contribution in [1.29, 1.82) is 0 Å². The fourth-order valence-corrected chi connectivity index (χ4v) is 6.00. The molecule has 2 aliphatic heterocycles. The molecule has 2 aromatic carbocycles. The van der Waals surface area contributed by atoms with Gasteiger partial charge in [0.15, 0.2) is 0 Å². The Kier molecular flexibility index (Phi) is 9.28. The van der Waals surface area contributed by atoms with Crippen LogP contribution < -0.4 is 9.47 Å². The average molecular weight is 577 g/mol. The van der Waals surface area contributed by atoms with Crippen molar-refractivity contribution in [3.8, 4) is 11.5 Å². The van der Waals surface area contributed by atoms with E-state index in [1.54, 1.807) is 55.1 Å². The second-order valence-electron chi connectivity index (χ2n) is 10.2. The van der Waals surface area contributed by atoms with Gasteiger partial charge in [-0.2, -0.15) is 0 Å². The molecule has 10 heteroatoms. The van der Waals surface area contributed by atoms with Gasteiger partial charge in [-0.3, -0.25) is 14.4 Å². The lowest BCUT2D eigenvalue weighted by molar-refractivity contribution is -0.141. The molecule has 4 rings (SSSR count). The number of amides is 3. The number of halogens is 2. The van der Waals surface area contributed by atoms with Gasteiger partial charge in [-0.15, -0.1) is 0 Å². The predicted molar refractivity (Wildman–Crippen MR) is 151 cm³/mol. The molecule has 0 aromatic heterocycles. The number of carbonyl (C=O) groups is 3. The van der Waals surface area contributed by atoms with E-state index in [2.05, 4.69) is 0 Å². The first kappa shape index (κ1) is 29.0. The van der Waals surface area contributed by atoms with E-state index in [9.17, 15) is 14.4 Å². The molecule has 2 aliphatic rings. The van der Waals surface area contributed by atoms with Crippen LogP contribution in [0.5, 0.6) is 11.5 Å². The number of ether oxygens (including phenoxy) is 2. The summed E-state index contributed by atoms with van der Waals surface area (Å²) in [6, 6.07) is 10.4. The lowest BCUT2D eigenvalue weighted by atomic mass is 9.83. The number of piperidine rings is 2. The van der Waals surface area contributed by atoms with Crippen molar-refractivity contribution in [3.05, 3.63) is 57.6 Å². The van der Waals surface area contributed by atoms with Crippen LogP contribution in [0, 0.1) is 5.92 Å². The molecule has 2 atom stereocenters. The fraction of sp³-hybridized carbons (Fsp3) is 0.483. The molecule has 2 saturated heterocycles. The van der Waals surface area contributed by atoms with Gasteiger partial charge >= 0.3 is 0 Å². The minimum Gasteiger partial charge on any atom is -0.497 e. The van der Waals surface area contributed by atoms with Gasteiger partial charge in [-0.05, 0) is 55.2 Å². The Morgan fingerprint density at radius 2 is 1.59 bits per heavy atom. The van der Waals surface area contributed by atoms with E-state index in [4.69, 9.17) is 32.7 Å². The first-order chi connectivity index (χ1) is 18.6. The number of likely N-dealkylation sites (tertiary alicyclic amines) is 2. The van der Waals surface area contributed by atoms with Gasteiger partial charge in [0.25, 0.3) is 5.91 Å². The van der Waals surface area contributed by atoms with Crippen LogP contribution in [-0.2, 0) is 9.59 Å². The van der Waals surface area contributed by atoms with Crippen LogP contribution in [-0.4, -0.2) is 85.9 Å². The lowest BCUT2D eigenvalue weighted by Gasteiger charge is -2.44. The summed E-state index contributed by atoms with van der Waals surface area (Å²) in [7, 11) is 4.87. The summed E-state index contributed by atoms with van der Waals surface area (Å²) in [5.41, 5.74) is 1.32. The molecular formula is C29H35Cl2N3O5. The largest absolute Gasteiger partial charge is 0.497 e. The molecule has 0 aliphatic carbocycles. The Labute approximate surface area is 239 Å². The van der Waals surface area contributed by atoms with Crippen molar-refractivity contribution < 1.29 is 23.9 Å². The van der Waals surface area contributed by atoms with E-state index in [1.165, 1.54) is 7.11 Å². The Hall–Kier alpha value is -2.97. The van der Waals surface area contributed by atoms with Gasteiger partial charge in [-0.1, -0.05) is 29.3 Å². The second-order valence-corrected chi connectivity index (χ2v) is 11.0. The summed E-state index contributed by atoms with van der Waals surface area (Å²) in [5.74, 6) is 0.671. The molecule has 2 unspecified atom stereocenters. The Morgan fingerprint density at radius 3 is 2.21 bits per heavy atom. The van der Waals surface area contributed by atoms with Gasteiger partial charge in [0, 0.05) is 58.0 Å². The molecule has 0 radical (unpaired) electrons. The molecule has 0 saturated carbocycles. The van der Waals surface area contributed by atoms with Crippen molar-refractivity contribution in [2.45, 2.75) is 38.1 Å². The third kappa shape index (κ3) is 6.28. The number of likely N-dealkylation sites (N-methyl/N-ethyl adjacent to an activating group) is 1. The van der Waals surface area contributed by atoms with Crippen LogP contribution in [0.25, 0.3) is 0 Å². The molecule has 2 fully saturated rings. The van der Waals surface area contributed by atoms with Crippen LogP contribution in [0.2, 0.25) is 10.0 Å². The topological polar surface area (TPSA) is 79.4 Å². The summed E-state index contributed by atoms with van der Waals surface area (Å²) < 4.78 is 10.8. The van der Waals surface area contributed by atoms with Crippen molar-refractivity contribution in [2.75, 3.05) is 47.4 Å². The molecule has 39 heavy (non-hydrogen) atoms. The number of hydrogen-bond donors (Lipinski definition) is 0. The van der Waals surface area contributed by atoms with Gasteiger partial charge in [0.2, 0.25) is 11.8 Å². The fourth-order valence-electron chi connectivity index (χ4n) is 5.70. The first-order valence-corrected chi connectivity index (χ1v) is 13.9. The normalized spacial score (nSPS) is 19.9. The number of carbonyl (C=O) groups excluding carboxylic acids is 3. The minimum atomic E-state index is -0.200. The lowest BCUT2D eigenvalue weighted by Crippen LogP contribution is -2.53. The smallest absolute Gasteiger partial charge is 0.257 e. The third-order valence-corrected chi connectivity index (χ3v) is 8.74. The highest BCUT2D eigenvalue weighted by atomic mass is 35.5. The van der Waals surface area contributed by atoms with E-state index in [1.807, 2.05) is 17.0 Å². The Balaban J connectivity index is 1.59. The number of nitrogens with zero attached hydrogens (tertiary/aromatic N) is 3. The summed E-state index contributed by atoms with van der Waals surface area (Å²) in [6.07, 6.45) is 1.91. The van der Waals surface area contributed by atoms with E-state index in [0.717, 1.165) is 5.56 Å². The van der Waals surface area contributed by atoms with E-state index < -0.39 is 0 Å². The zero-order valence-electron chi connectivity index (χ0n) is 22.8. The maximum atomic E-state index is 13.8. The highest BCUT2D eigenvalue weighted by Crippen LogP contribution is 2.36. The highest BCUT2D eigenvalue weighted by Gasteiger charge is 2.39. The van der Waals surface area contributed by atoms with Crippen LogP contribution >= 0.6 is 23.2 Å². The summed E-state index contributed by atoms with van der Waals surface area (Å²) >= 11 is 12.6. The van der Waals surface area contributed by atoms with Crippen molar-refractivity contribution in [2.24, 2.45) is 5.92 Å². The van der Waals surface area contributed by atoms with Crippen LogP contribution in [0.1, 0.15) is 48.0 Å². The molecule has 2 aromatic rings. The average Bonchev–Trinajstić information content (AvgIpc) is 2.96. The number of benzene rings is 2. The van der Waals surface area contributed by atoms with Crippen LogP contribution in [0.15, 0.2) is 36.4 Å². The number of rotatable bonds is 6. The Bertz CT molecular complexity index is 1230. The molecule has 0 bridgehead atoms. The molecule has 0 N–H and O–H groups in total. The number of methoxy groups -OCH3 is 2. The molecule has 8 nitrogen and oxygen atoms in total. The maximum Gasteiger partial charge on any atom is 0.257 e. The number of hydrogen-bond acceptors (Lipinski definition) is 5. The predicted octanol–water partition coefficient (Wildman–Crippen LogP) is 4.73. The summed E-state index contributed by atoms with van der Waals surface area (Å²) in [6.45, 7) is 3.73. The van der Waals surface area contributed by atoms with Crippen molar-refractivity contribution in [3.63, 3.8) is 0 Å². The summed E-state index contributed by atoms with van der Waals surface area (Å²) in [4.78, 5) is 44.5. The van der Waals surface area contributed by atoms with E-state index in [0.29, 0.717) is 72.5 Å². The minimum absolute atomic E-state index is 0.0433. The second kappa shape index (κ2) is 12.5. The van der Waals surface area contributed by atoms with Crippen LogP contribution in [0.4, 0.5) is 0 Å². The first-order valence-electron chi connectivity index (χ1n) is 13.1. The maximum absolute atomic E-state index is 13.8. The zero-order chi connectivity index (χ0) is 28.3. The standard InChI is InChI=1S/C29H35Cl2N3O5/c1-18(35)33-12-9-19(10-13-33)28(36)34-14-11-26(23(17-34)20-5-7-24(30)25(31)15-20)32(2)29(37)22-16-21(38-3)6-8-27(22)39-4/h5-8,15-16,19,23,26H,9-14,17H2,1-4H3. The quantitative estimate of drug-likeness (QED) is 0.497. The van der Waals surface area contributed by atoms with E-state index in [-0.39, 0.29) is 35.6 Å². The van der Waals surface area contributed by atoms with Crippen molar-refractivity contribution >= 4 is 40.9 Å². The molecular weight excluding hydrogens is 541 g/mol. The monoisotopic (exact) mass is 575 g/mol. The van der Waals surface area contributed by atoms with E-state index >= 15 is 0 Å². The van der Waals surface area contributed by atoms with Gasteiger partial charge in [0.1, 0.15) is 11.5 Å². The zero-order valence-corrected chi connectivity index (χ0v) is 24.3. The van der Waals surface area contributed by atoms with Gasteiger partial charge < -0.3 is 24.2 Å². The van der Waals surface area contributed by atoms with Gasteiger partial charge in [-0.25, -0.2) is 0 Å². The summed E-state index contributed by atoms with van der Waals surface area (Å²) in [5, 5.41) is 0.875. The van der Waals surface area contributed by atoms with Gasteiger partial charge in [0.05, 0.1) is 29.8 Å². The molecule has 2 heterocycles. The third-order valence-electron chi connectivity index (χ3n) is 8.00. The SMILES string of the molecule is COc1ccc(OC)c(C(=O)N(C)C2CCN(C(=O)C3CCN(C(C)=O)CC3)CC2c2ccc(Cl)c(Cl)c2)c1. The Morgan fingerprint density at radius 1 is 0.897 bits per heavy atom. The van der Waals surface area contributed by atoms with Crippen LogP contribution in [0.3, 0.4) is 0 Å².